The largest absolute Gasteiger partial charge is 0.394 e. The van der Waals surface area contributed by atoms with E-state index in [1.807, 2.05) is 85.8 Å². The van der Waals surface area contributed by atoms with Gasteiger partial charge in [-0.25, -0.2) is 0 Å². The summed E-state index contributed by atoms with van der Waals surface area (Å²) >= 11 is 1.61. The van der Waals surface area contributed by atoms with Crippen LogP contribution in [0.2, 0.25) is 0 Å². The second-order valence-electron chi connectivity index (χ2n) is 12.7. The highest BCUT2D eigenvalue weighted by atomic mass is 32.2. The van der Waals surface area contributed by atoms with E-state index in [0.29, 0.717) is 19.8 Å². The van der Waals surface area contributed by atoms with Crippen molar-refractivity contribution in [2.24, 2.45) is 23.7 Å². The lowest BCUT2D eigenvalue weighted by Crippen LogP contribution is -2.53. The molecule has 9 heteroatoms. The molecule has 11 atom stereocenters. The van der Waals surface area contributed by atoms with E-state index in [9.17, 15) is 15.3 Å². The van der Waals surface area contributed by atoms with Crippen LogP contribution < -0.4 is 0 Å². The molecule has 3 aromatic rings. The van der Waals surface area contributed by atoms with Crippen LogP contribution in [0.25, 0.3) is 0 Å². The van der Waals surface area contributed by atoms with Gasteiger partial charge in [-0.15, -0.1) is 0 Å². The third-order valence-electron chi connectivity index (χ3n) is 9.53. The van der Waals surface area contributed by atoms with Crippen molar-refractivity contribution in [2.75, 3.05) is 19.8 Å². The number of hydrogen-bond donors (Lipinski definition) is 4. The molecule has 0 radical (unpaired) electrons. The Labute approximate surface area is 284 Å². The molecule has 2 heterocycles. The minimum Gasteiger partial charge on any atom is -0.394 e. The molecule has 0 spiro atoms. The number of ether oxygens (including phenoxy) is 4. The summed E-state index contributed by atoms with van der Waals surface area (Å²) in [5.41, 5.74) is 2.01. The van der Waals surface area contributed by atoms with E-state index >= 15 is 0 Å². The molecule has 5 rings (SSSR count). The van der Waals surface area contributed by atoms with E-state index in [1.165, 1.54) is 0 Å². The van der Waals surface area contributed by atoms with Gasteiger partial charge in [0.15, 0.2) is 0 Å². The maximum atomic E-state index is 10.2. The molecule has 0 bridgehead atoms. The summed E-state index contributed by atoms with van der Waals surface area (Å²) in [6.07, 6.45) is -2.53. The molecular weight excluding hydrogens is 616 g/mol. The standard InChI is InChI=1S/C22H28O4S.C16H24O4/c1-15-16(2)21(25-14-17-9-5-3-6-10-17)22(26-20(15)19(24)13-23)27-18-11-7-4-8-12-18;1-11-12(2)16(14(18)8-17)20-10-15(11)19-9-13-6-4-3-5-7-13/h3-12,15-16,19-24H,13-14H2,1-2H3;3-7,11-12,14-18H,8-10H2,1-2H3/t15-,16-,19+,20?,21?,22+;11-,12-,14+,15?,16?/m00/s1. The van der Waals surface area contributed by atoms with Crippen LogP contribution in [0.3, 0.4) is 0 Å². The van der Waals surface area contributed by atoms with Gasteiger partial charge in [0.25, 0.3) is 0 Å². The van der Waals surface area contributed by atoms with Gasteiger partial charge in [0.2, 0.25) is 0 Å². The molecule has 4 unspecified atom stereocenters. The Hall–Kier alpha value is -2.31. The zero-order valence-electron chi connectivity index (χ0n) is 27.9. The normalized spacial score (nSPS) is 30.5. The van der Waals surface area contributed by atoms with Gasteiger partial charge < -0.3 is 39.4 Å². The van der Waals surface area contributed by atoms with Crippen molar-refractivity contribution in [2.45, 2.75) is 87.9 Å². The molecule has 0 amide bonds. The van der Waals surface area contributed by atoms with Crippen molar-refractivity contribution in [3.63, 3.8) is 0 Å². The Morgan fingerprint density at radius 3 is 1.70 bits per heavy atom. The molecule has 258 valence electrons. The molecule has 2 aliphatic heterocycles. The summed E-state index contributed by atoms with van der Waals surface area (Å²) in [4.78, 5) is 1.09. The first-order valence-electron chi connectivity index (χ1n) is 16.6. The topological polar surface area (TPSA) is 118 Å². The molecule has 47 heavy (non-hydrogen) atoms. The first-order chi connectivity index (χ1) is 22.7. The van der Waals surface area contributed by atoms with Crippen molar-refractivity contribution in [1.82, 2.24) is 0 Å². The first kappa shape index (κ1) is 37.5. The van der Waals surface area contributed by atoms with E-state index in [0.717, 1.165) is 16.0 Å². The van der Waals surface area contributed by atoms with E-state index < -0.39 is 18.3 Å². The quantitative estimate of drug-likeness (QED) is 0.204. The number of hydrogen-bond acceptors (Lipinski definition) is 9. The summed E-state index contributed by atoms with van der Waals surface area (Å²) in [6.45, 7) is 9.31. The Morgan fingerprint density at radius 2 is 1.15 bits per heavy atom. The molecule has 8 nitrogen and oxygen atoms in total. The fourth-order valence-corrected chi connectivity index (χ4v) is 7.39. The van der Waals surface area contributed by atoms with Gasteiger partial charge in [-0.05, 0) is 46.9 Å². The SMILES string of the molecule is C[C@@H]1C(OCc2ccccc2)COC([C@H](O)CO)[C@H]1C.C[C@@H]1C([C@H](O)CO)O[C@H](Sc2ccccc2)C(OCc2ccccc2)[C@H]1C. The van der Waals surface area contributed by atoms with Crippen molar-refractivity contribution >= 4 is 11.8 Å². The number of benzene rings is 3. The second kappa shape index (κ2) is 19.0. The van der Waals surface area contributed by atoms with Crippen LogP contribution in [0.5, 0.6) is 0 Å². The van der Waals surface area contributed by atoms with E-state index in [-0.39, 0.29) is 60.6 Å². The number of aliphatic hydroxyl groups excluding tert-OH is 4. The average molecular weight is 669 g/mol. The number of aliphatic hydroxyl groups is 4. The van der Waals surface area contributed by atoms with Crippen LogP contribution in [-0.4, -0.2) is 82.3 Å². The van der Waals surface area contributed by atoms with Gasteiger partial charge in [-0.1, -0.05) is 118 Å². The van der Waals surface area contributed by atoms with Crippen molar-refractivity contribution in [3.8, 4) is 0 Å². The van der Waals surface area contributed by atoms with Gasteiger partial charge >= 0.3 is 0 Å². The highest BCUT2D eigenvalue weighted by Crippen LogP contribution is 2.41. The van der Waals surface area contributed by atoms with Gasteiger partial charge in [0.05, 0.1) is 57.5 Å². The lowest BCUT2D eigenvalue weighted by atomic mass is 9.82. The highest BCUT2D eigenvalue weighted by Gasteiger charge is 2.45. The fraction of sp³-hybridized carbons (Fsp3) is 0.526. The van der Waals surface area contributed by atoms with Crippen molar-refractivity contribution < 1.29 is 39.4 Å². The van der Waals surface area contributed by atoms with Gasteiger partial charge in [0, 0.05) is 4.90 Å². The van der Waals surface area contributed by atoms with Crippen molar-refractivity contribution in [3.05, 3.63) is 102 Å². The van der Waals surface area contributed by atoms with Gasteiger partial charge in [-0.3, -0.25) is 0 Å². The van der Waals surface area contributed by atoms with Gasteiger partial charge in [0.1, 0.15) is 17.6 Å². The molecule has 2 fully saturated rings. The maximum Gasteiger partial charge on any atom is 0.134 e. The Bertz CT molecular complexity index is 1270. The average Bonchev–Trinajstić information content (AvgIpc) is 3.11. The molecule has 4 N–H and O–H groups in total. The maximum absolute atomic E-state index is 10.2. The summed E-state index contributed by atoms with van der Waals surface area (Å²) in [6, 6.07) is 30.2. The third-order valence-corrected chi connectivity index (χ3v) is 10.7. The number of thioether (sulfide) groups is 1. The zero-order valence-corrected chi connectivity index (χ0v) is 28.7. The number of rotatable bonds is 12. The van der Waals surface area contributed by atoms with Crippen LogP contribution in [0.4, 0.5) is 0 Å². The summed E-state index contributed by atoms with van der Waals surface area (Å²) < 4.78 is 24.2. The monoisotopic (exact) mass is 668 g/mol. The van der Waals surface area contributed by atoms with Crippen LogP contribution in [0.1, 0.15) is 38.8 Å². The van der Waals surface area contributed by atoms with E-state index in [4.69, 9.17) is 24.1 Å². The molecule has 0 aliphatic carbocycles. The minimum atomic E-state index is -0.892. The predicted octanol–water partition coefficient (Wildman–Crippen LogP) is 5.31. The molecule has 2 aliphatic rings. The van der Waals surface area contributed by atoms with E-state index in [2.05, 4.69) is 32.9 Å². The van der Waals surface area contributed by atoms with Crippen molar-refractivity contribution in [1.29, 1.82) is 0 Å². The van der Waals surface area contributed by atoms with E-state index in [1.54, 1.807) is 11.8 Å². The lowest BCUT2D eigenvalue weighted by molar-refractivity contribution is -0.190. The Balaban J connectivity index is 0.000000223. The molecule has 0 aromatic heterocycles. The van der Waals surface area contributed by atoms with Crippen LogP contribution >= 0.6 is 11.8 Å². The van der Waals surface area contributed by atoms with Gasteiger partial charge in [-0.2, -0.15) is 0 Å². The molecular formula is C38H52O8S. The second-order valence-corrected chi connectivity index (χ2v) is 13.9. The highest BCUT2D eigenvalue weighted by molar-refractivity contribution is 7.99. The third kappa shape index (κ3) is 10.6. The summed E-state index contributed by atoms with van der Waals surface area (Å²) in [7, 11) is 0. The molecule has 3 aromatic carbocycles. The van der Waals surface area contributed by atoms with Crippen LogP contribution in [0, 0.1) is 23.7 Å². The summed E-state index contributed by atoms with van der Waals surface area (Å²) in [5, 5.41) is 38.4. The predicted molar refractivity (Wildman–Crippen MR) is 184 cm³/mol. The smallest absolute Gasteiger partial charge is 0.134 e. The Morgan fingerprint density at radius 1 is 0.660 bits per heavy atom. The fourth-order valence-electron chi connectivity index (χ4n) is 6.16. The van der Waals surface area contributed by atoms with Crippen LogP contribution in [0.15, 0.2) is 95.9 Å². The first-order valence-corrected chi connectivity index (χ1v) is 17.5. The molecule has 0 saturated carbocycles. The minimum absolute atomic E-state index is 0.0207. The Kier molecular flexibility index (Phi) is 15.2. The lowest BCUT2D eigenvalue weighted by Gasteiger charge is -2.45. The van der Waals surface area contributed by atoms with Crippen LogP contribution in [-0.2, 0) is 32.2 Å². The molecule has 2 saturated heterocycles. The zero-order chi connectivity index (χ0) is 33.8. The summed E-state index contributed by atoms with van der Waals surface area (Å²) in [5.74, 6) is 0.667.